The van der Waals surface area contributed by atoms with Crippen LogP contribution in [0.4, 0.5) is 11.4 Å². The zero-order valence-corrected chi connectivity index (χ0v) is 14.4. The van der Waals surface area contributed by atoms with Gasteiger partial charge in [-0.1, -0.05) is 34.1 Å². The third kappa shape index (κ3) is 2.65. The summed E-state index contributed by atoms with van der Waals surface area (Å²) in [5, 5.41) is 0. The quantitative estimate of drug-likeness (QED) is 0.808. The summed E-state index contributed by atoms with van der Waals surface area (Å²) in [4.78, 5) is 14.9. The predicted molar refractivity (Wildman–Crippen MR) is 96.5 cm³/mol. The van der Waals surface area contributed by atoms with Gasteiger partial charge >= 0.3 is 0 Å². The smallest absolute Gasteiger partial charge is 0.230 e. The number of carbonyl (C=O) groups is 1. The molecule has 23 heavy (non-hydrogen) atoms. The van der Waals surface area contributed by atoms with Gasteiger partial charge in [0.1, 0.15) is 0 Å². The van der Waals surface area contributed by atoms with Crippen LogP contribution in [0.2, 0.25) is 0 Å². The van der Waals surface area contributed by atoms with Crippen LogP contribution in [0.25, 0.3) is 0 Å². The maximum atomic E-state index is 13.0. The van der Waals surface area contributed by atoms with Crippen LogP contribution in [-0.4, -0.2) is 12.5 Å². The Labute approximate surface area is 144 Å². The summed E-state index contributed by atoms with van der Waals surface area (Å²) < 4.78 is 1.07. The maximum Gasteiger partial charge on any atom is 0.230 e. The van der Waals surface area contributed by atoms with E-state index in [9.17, 15) is 4.79 Å². The van der Waals surface area contributed by atoms with Crippen LogP contribution in [0.15, 0.2) is 46.9 Å². The van der Waals surface area contributed by atoms with Gasteiger partial charge in [0, 0.05) is 28.3 Å². The van der Waals surface area contributed by atoms with Crippen molar-refractivity contribution < 1.29 is 4.79 Å². The Hall–Kier alpha value is -1.81. The highest BCUT2D eigenvalue weighted by molar-refractivity contribution is 9.10. The molecule has 0 spiro atoms. The summed E-state index contributed by atoms with van der Waals surface area (Å²) in [6.07, 6.45) is 2.90. The molecule has 0 aromatic heterocycles. The number of halogens is 1. The Balaban J connectivity index is 1.57. The third-order valence-corrected chi connectivity index (χ3v) is 5.43. The van der Waals surface area contributed by atoms with Gasteiger partial charge < -0.3 is 10.6 Å². The van der Waals surface area contributed by atoms with Gasteiger partial charge in [0.25, 0.3) is 0 Å². The van der Waals surface area contributed by atoms with E-state index in [1.165, 1.54) is 5.56 Å². The minimum absolute atomic E-state index is 0.108. The molecule has 118 valence electrons. The molecular weight excluding hydrogens is 352 g/mol. The number of rotatable bonds is 2. The topological polar surface area (TPSA) is 46.3 Å². The van der Waals surface area contributed by atoms with E-state index in [0.717, 1.165) is 47.2 Å². The summed E-state index contributed by atoms with van der Waals surface area (Å²) in [5.74, 6) is 0.713. The number of nitrogen functional groups attached to an aromatic ring is 1. The molecule has 2 aliphatic rings. The van der Waals surface area contributed by atoms with Crippen molar-refractivity contribution in [2.24, 2.45) is 5.92 Å². The van der Waals surface area contributed by atoms with E-state index in [4.69, 9.17) is 5.73 Å². The Morgan fingerprint density at radius 3 is 2.87 bits per heavy atom. The molecule has 2 N–H and O–H groups in total. The van der Waals surface area contributed by atoms with Crippen LogP contribution in [0.3, 0.4) is 0 Å². The monoisotopic (exact) mass is 370 g/mol. The average molecular weight is 371 g/mol. The van der Waals surface area contributed by atoms with Gasteiger partial charge in [0.15, 0.2) is 0 Å². The first-order valence-electron chi connectivity index (χ1n) is 8.09. The lowest BCUT2D eigenvalue weighted by Crippen LogP contribution is -2.37. The Morgan fingerprint density at radius 1 is 1.22 bits per heavy atom. The lowest BCUT2D eigenvalue weighted by atomic mass is 9.99. The second-order valence-electron chi connectivity index (χ2n) is 6.44. The van der Waals surface area contributed by atoms with Crippen molar-refractivity contribution in [3.63, 3.8) is 0 Å². The molecule has 2 aromatic rings. The molecule has 1 heterocycles. The van der Waals surface area contributed by atoms with E-state index in [0.29, 0.717) is 5.92 Å². The average Bonchev–Trinajstić information content (AvgIpc) is 3.35. The lowest BCUT2D eigenvalue weighted by Gasteiger charge is -2.30. The van der Waals surface area contributed by atoms with E-state index in [1.807, 2.05) is 35.2 Å². The summed E-state index contributed by atoms with van der Waals surface area (Å²) >= 11 is 3.51. The van der Waals surface area contributed by atoms with Crippen molar-refractivity contribution in [3.8, 4) is 0 Å². The van der Waals surface area contributed by atoms with Crippen LogP contribution < -0.4 is 10.6 Å². The van der Waals surface area contributed by atoms with Crippen molar-refractivity contribution in [2.45, 2.75) is 25.2 Å². The van der Waals surface area contributed by atoms with Crippen molar-refractivity contribution >= 4 is 33.2 Å². The zero-order valence-electron chi connectivity index (χ0n) is 12.8. The molecule has 0 bridgehead atoms. The second kappa shape index (κ2) is 5.68. The summed E-state index contributed by atoms with van der Waals surface area (Å²) in [7, 11) is 0. The normalized spacial score (nSPS) is 22.6. The first-order chi connectivity index (χ1) is 11.1. The van der Waals surface area contributed by atoms with Crippen LogP contribution in [0, 0.1) is 5.92 Å². The minimum atomic E-state index is 0.108. The van der Waals surface area contributed by atoms with Gasteiger partial charge in [-0.3, -0.25) is 4.79 Å². The first-order valence-corrected chi connectivity index (χ1v) is 8.88. The van der Waals surface area contributed by atoms with Gasteiger partial charge in [-0.15, -0.1) is 0 Å². The Bertz CT molecular complexity index is 774. The number of carbonyl (C=O) groups excluding carboxylic acids is 1. The number of nitrogens with two attached hydrogens (primary N) is 1. The van der Waals surface area contributed by atoms with Gasteiger partial charge in [0.05, 0.1) is 0 Å². The summed E-state index contributed by atoms with van der Waals surface area (Å²) in [5.41, 5.74) is 10.3. The molecule has 2 atom stereocenters. The van der Waals surface area contributed by atoms with Gasteiger partial charge in [-0.05, 0) is 60.6 Å². The molecule has 1 amide bonds. The molecule has 1 fully saturated rings. The Morgan fingerprint density at radius 2 is 2.04 bits per heavy atom. The van der Waals surface area contributed by atoms with E-state index in [1.54, 1.807) is 0 Å². The first kappa shape index (κ1) is 14.8. The van der Waals surface area contributed by atoms with E-state index < -0.39 is 0 Å². The lowest BCUT2D eigenvalue weighted by molar-refractivity contribution is -0.120. The second-order valence-corrected chi connectivity index (χ2v) is 7.36. The number of benzene rings is 2. The van der Waals surface area contributed by atoms with E-state index in [2.05, 4.69) is 28.1 Å². The van der Waals surface area contributed by atoms with E-state index in [-0.39, 0.29) is 11.8 Å². The largest absolute Gasteiger partial charge is 0.398 e. The number of hydrogen-bond acceptors (Lipinski definition) is 2. The standard InChI is InChI=1S/C19H19BrN2O/c20-13-5-1-4-12(10-13)15-11-16(15)19(23)22-9-3-6-14-17(21)7-2-8-18(14)22/h1-2,4-5,7-8,10,15-16H,3,6,9,11,21H2. The summed E-state index contributed by atoms with van der Waals surface area (Å²) in [6.45, 7) is 0.803. The highest BCUT2D eigenvalue weighted by Gasteiger charge is 2.46. The molecule has 0 saturated heterocycles. The van der Waals surface area contributed by atoms with Crippen molar-refractivity contribution in [3.05, 3.63) is 58.1 Å². The molecule has 2 unspecified atom stereocenters. The van der Waals surface area contributed by atoms with Crippen LogP contribution in [0.1, 0.15) is 29.9 Å². The van der Waals surface area contributed by atoms with Crippen LogP contribution in [-0.2, 0) is 11.2 Å². The molecule has 1 aliphatic carbocycles. The molecule has 1 aliphatic heterocycles. The maximum absolute atomic E-state index is 13.0. The predicted octanol–water partition coefficient (Wildman–Crippen LogP) is 4.11. The molecule has 0 radical (unpaired) electrons. The number of amides is 1. The van der Waals surface area contributed by atoms with Gasteiger partial charge in [-0.25, -0.2) is 0 Å². The number of nitrogens with zero attached hydrogens (tertiary/aromatic N) is 1. The zero-order chi connectivity index (χ0) is 16.0. The Kier molecular flexibility index (Phi) is 3.64. The molecule has 4 rings (SSSR count). The summed E-state index contributed by atoms with van der Waals surface area (Å²) in [6, 6.07) is 14.2. The molecule has 2 aromatic carbocycles. The fourth-order valence-corrected chi connectivity index (χ4v) is 4.07. The SMILES string of the molecule is Nc1cccc2c1CCCN2C(=O)C1CC1c1cccc(Br)c1. The highest BCUT2D eigenvalue weighted by atomic mass is 79.9. The number of hydrogen-bond donors (Lipinski definition) is 1. The van der Waals surface area contributed by atoms with Crippen LogP contribution >= 0.6 is 15.9 Å². The van der Waals surface area contributed by atoms with E-state index >= 15 is 0 Å². The van der Waals surface area contributed by atoms with Gasteiger partial charge in [-0.2, -0.15) is 0 Å². The number of fused-ring (bicyclic) bond motifs is 1. The molecule has 4 heteroatoms. The minimum Gasteiger partial charge on any atom is -0.398 e. The van der Waals surface area contributed by atoms with Gasteiger partial charge in [0.2, 0.25) is 5.91 Å². The fraction of sp³-hybridized carbons (Fsp3) is 0.316. The van der Waals surface area contributed by atoms with Crippen LogP contribution in [0.5, 0.6) is 0 Å². The fourth-order valence-electron chi connectivity index (χ4n) is 3.65. The molecule has 1 saturated carbocycles. The van der Waals surface area contributed by atoms with Crippen molar-refractivity contribution in [1.29, 1.82) is 0 Å². The molecular formula is C19H19BrN2O. The van der Waals surface area contributed by atoms with Crippen molar-refractivity contribution in [1.82, 2.24) is 0 Å². The third-order valence-electron chi connectivity index (χ3n) is 4.94. The molecule has 3 nitrogen and oxygen atoms in total. The van der Waals surface area contributed by atoms with Crippen molar-refractivity contribution in [2.75, 3.05) is 17.2 Å². The number of anilines is 2. The highest BCUT2D eigenvalue weighted by Crippen LogP contribution is 2.50.